The second kappa shape index (κ2) is 6.10. The molecule has 0 amide bonds. The van der Waals surface area contributed by atoms with E-state index in [0.29, 0.717) is 22.6 Å². The predicted octanol–water partition coefficient (Wildman–Crippen LogP) is 1.62. The topological polar surface area (TPSA) is 78.1 Å². The van der Waals surface area contributed by atoms with Crippen molar-refractivity contribution in [2.45, 2.75) is 17.4 Å². The molecule has 1 aliphatic rings. The fourth-order valence-corrected chi connectivity index (χ4v) is 4.35. The molecule has 0 saturated carbocycles. The minimum Gasteiger partial charge on any atom is -0.345 e. The molecule has 0 aromatic carbocycles. The van der Waals surface area contributed by atoms with Crippen LogP contribution in [0.4, 0.5) is 0 Å². The predicted molar refractivity (Wildman–Crippen MR) is 84.6 cm³/mol. The summed E-state index contributed by atoms with van der Waals surface area (Å²) in [6, 6.07) is 1.56. The number of halogens is 2. The molecule has 1 saturated heterocycles. The molecular formula is C12H16Cl2N4O2S. The lowest BCUT2D eigenvalue weighted by atomic mass is 10.3. The van der Waals surface area contributed by atoms with Crippen LogP contribution in [0.2, 0.25) is 5.02 Å². The summed E-state index contributed by atoms with van der Waals surface area (Å²) in [5, 5.41) is 4.00. The Kier molecular flexibility index (Phi) is 4.79. The van der Waals surface area contributed by atoms with Crippen molar-refractivity contribution >= 4 is 45.1 Å². The highest BCUT2D eigenvalue weighted by molar-refractivity contribution is 7.89. The van der Waals surface area contributed by atoms with Gasteiger partial charge in [0.1, 0.15) is 10.5 Å². The van der Waals surface area contributed by atoms with Gasteiger partial charge in [-0.2, -0.15) is 4.31 Å². The molecule has 0 radical (unpaired) electrons. The van der Waals surface area contributed by atoms with Gasteiger partial charge in [0.2, 0.25) is 10.0 Å². The second-order valence-corrected chi connectivity index (χ2v) is 7.21. The maximum Gasteiger partial charge on any atom is 0.245 e. The van der Waals surface area contributed by atoms with Crippen LogP contribution in [0.5, 0.6) is 0 Å². The van der Waals surface area contributed by atoms with E-state index in [1.165, 1.54) is 10.5 Å². The summed E-state index contributed by atoms with van der Waals surface area (Å²) >= 11 is 6.12. The van der Waals surface area contributed by atoms with Crippen LogP contribution in [0.25, 0.3) is 11.0 Å². The Balaban J connectivity index is 0.00000161. The lowest BCUT2D eigenvalue weighted by Gasteiger charge is -2.22. The van der Waals surface area contributed by atoms with Crippen molar-refractivity contribution in [1.29, 1.82) is 0 Å². The van der Waals surface area contributed by atoms with Crippen LogP contribution in [0.3, 0.4) is 0 Å². The smallest absolute Gasteiger partial charge is 0.245 e. The van der Waals surface area contributed by atoms with Gasteiger partial charge in [0, 0.05) is 32.0 Å². The number of fused-ring (bicyclic) bond motifs is 1. The Morgan fingerprint density at radius 2 is 2.24 bits per heavy atom. The van der Waals surface area contributed by atoms with E-state index in [9.17, 15) is 8.42 Å². The summed E-state index contributed by atoms with van der Waals surface area (Å²) in [5.74, 6) is 0. The Bertz CT molecular complexity index is 741. The number of H-pyrrole nitrogens is 1. The van der Waals surface area contributed by atoms with Gasteiger partial charge in [-0.25, -0.2) is 13.4 Å². The highest BCUT2D eigenvalue weighted by atomic mass is 35.5. The number of aromatic nitrogens is 2. The Labute approximate surface area is 134 Å². The van der Waals surface area contributed by atoms with Gasteiger partial charge >= 0.3 is 0 Å². The summed E-state index contributed by atoms with van der Waals surface area (Å²) in [5.41, 5.74) is 0.481. The number of aromatic amines is 1. The van der Waals surface area contributed by atoms with Crippen molar-refractivity contribution in [2.75, 3.05) is 20.1 Å². The van der Waals surface area contributed by atoms with Gasteiger partial charge in [0.05, 0.1) is 10.4 Å². The maximum absolute atomic E-state index is 12.7. The summed E-state index contributed by atoms with van der Waals surface area (Å²) in [6.45, 7) is 1.50. The molecule has 1 unspecified atom stereocenters. The van der Waals surface area contributed by atoms with Crippen molar-refractivity contribution in [3.05, 3.63) is 23.5 Å². The third kappa shape index (κ3) is 2.76. The lowest BCUT2D eigenvalue weighted by molar-refractivity contribution is 0.388. The Morgan fingerprint density at radius 3 is 2.90 bits per heavy atom. The first kappa shape index (κ1) is 16.5. The summed E-state index contributed by atoms with van der Waals surface area (Å²) in [6.07, 6.45) is 3.81. The zero-order valence-corrected chi connectivity index (χ0v) is 13.7. The van der Waals surface area contributed by atoms with Crippen LogP contribution >= 0.6 is 24.0 Å². The van der Waals surface area contributed by atoms with Gasteiger partial charge in [-0.1, -0.05) is 11.6 Å². The van der Waals surface area contributed by atoms with Crippen LogP contribution in [0.1, 0.15) is 6.42 Å². The van der Waals surface area contributed by atoms with Crippen LogP contribution in [0.15, 0.2) is 23.4 Å². The third-order valence-electron chi connectivity index (χ3n) is 3.69. The van der Waals surface area contributed by atoms with Crippen LogP contribution in [-0.2, 0) is 10.0 Å². The molecule has 0 aliphatic carbocycles. The average molecular weight is 351 g/mol. The fraction of sp³-hybridized carbons (Fsp3) is 0.417. The molecule has 21 heavy (non-hydrogen) atoms. The van der Waals surface area contributed by atoms with Crippen molar-refractivity contribution in [3.63, 3.8) is 0 Å². The summed E-state index contributed by atoms with van der Waals surface area (Å²) < 4.78 is 26.9. The van der Waals surface area contributed by atoms with Crippen LogP contribution in [-0.4, -0.2) is 48.9 Å². The molecule has 116 valence electrons. The van der Waals surface area contributed by atoms with Gasteiger partial charge in [-0.3, -0.25) is 0 Å². The van der Waals surface area contributed by atoms with E-state index < -0.39 is 10.0 Å². The molecule has 1 atom stereocenters. The molecule has 3 heterocycles. The molecule has 9 heteroatoms. The number of likely N-dealkylation sites (N-methyl/N-ethyl adjacent to an activating group) is 1. The number of hydrogen-bond acceptors (Lipinski definition) is 4. The monoisotopic (exact) mass is 350 g/mol. The molecule has 6 nitrogen and oxygen atoms in total. The molecule has 2 aromatic rings. The number of hydrogen-bond donors (Lipinski definition) is 2. The Morgan fingerprint density at radius 1 is 1.48 bits per heavy atom. The van der Waals surface area contributed by atoms with Crippen molar-refractivity contribution in [3.8, 4) is 0 Å². The van der Waals surface area contributed by atoms with Gasteiger partial charge in [-0.05, 0) is 19.0 Å². The molecule has 0 bridgehead atoms. The zero-order valence-electron chi connectivity index (χ0n) is 11.3. The Hall–Kier alpha value is -0.860. The van der Waals surface area contributed by atoms with E-state index in [4.69, 9.17) is 11.6 Å². The SMILES string of the molecule is CN(C1CCNC1)S(=O)(=O)c1c[nH]c2nccc(Cl)c12.Cl. The fourth-order valence-electron chi connectivity index (χ4n) is 2.49. The highest BCUT2D eigenvalue weighted by Gasteiger charge is 2.32. The van der Waals surface area contributed by atoms with E-state index in [-0.39, 0.29) is 23.3 Å². The van der Waals surface area contributed by atoms with Crippen LogP contribution in [0, 0.1) is 0 Å². The van der Waals surface area contributed by atoms with E-state index in [0.717, 1.165) is 13.0 Å². The number of sulfonamides is 1. The molecule has 3 rings (SSSR count). The quantitative estimate of drug-likeness (QED) is 0.881. The average Bonchev–Trinajstić information content (AvgIpc) is 3.07. The van der Waals surface area contributed by atoms with Crippen molar-refractivity contribution in [2.24, 2.45) is 0 Å². The molecule has 2 aromatic heterocycles. The zero-order chi connectivity index (χ0) is 14.3. The molecule has 1 fully saturated rings. The number of rotatable bonds is 3. The standard InChI is InChI=1S/C12H15ClN4O2S.ClH/c1-17(8-2-4-14-6-8)20(18,19)10-7-16-12-11(10)9(13)3-5-15-12;/h3,5,7-8,14H,2,4,6H2,1H3,(H,15,16);1H. The normalized spacial score (nSPS) is 19.1. The molecular weight excluding hydrogens is 335 g/mol. The van der Waals surface area contributed by atoms with E-state index >= 15 is 0 Å². The minimum atomic E-state index is -3.59. The second-order valence-electron chi connectivity index (χ2n) is 4.84. The highest BCUT2D eigenvalue weighted by Crippen LogP contribution is 2.30. The number of nitrogens with zero attached hydrogens (tertiary/aromatic N) is 2. The van der Waals surface area contributed by atoms with E-state index in [2.05, 4.69) is 15.3 Å². The van der Waals surface area contributed by atoms with Crippen molar-refractivity contribution < 1.29 is 8.42 Å². The number of pyridine rings is 1. The summed E-state index contributed by atoms with van der Waals surface area (Å²) in [4.78, 5) is 7.14. The van der Waals surface area contributed by atoms with E-state index in [1.807, 2.05) is 0 Å². The maximum atomic E-state index is 12.7. The van der Waals surface area contributed by atoms with Gasteiger partial charge in [-0.15, -0.1) is 12.4 Å². The minimum absolute atomic E-state index is 0. The van der Waals surface area contributed by atoms with Crippen LogP contribution < -0.4 is 5.32 Å². The molecule has 2 N–H and O–H groups in total. The first-order valence-corrected chi connectivity index (χ1v) is 8.14. The molecule has 0 spiro atoms. The van der Waals surface area contributed by atoms with E-state index in [1.54, 1.807) is 19.3 Å². The first-order valence-electron chi connectivity index (χ1n) is 6.32. The van der Waals surface area contributed by atoms with Gasteiger partial charge < -0.3 is 10.3 Å². The largest absolute Gasteiger partial charge is 0.345 e. The molecule has 1 aliphatic heterocycles. The number of nitrogens with one attached hydrogen (secondary N) is 2. The third-order valence-corrected chi connectivity index (χ3v) is 5.94. The lowest BCUT2D eigenvalue weighted by Crippen LogP contribution is -2.38. The first-order chi connectivity index (χ1) is 9.51. The van der Waals surface area contributed by atoms with Gasteiger partial charge in [0.15, 0.2) is 0 Å². The summed E-state index contributed by atoms with van der Waals surface area (Å²) in [7, 11) is -1.98. The van der Waals surface area contributed by atoms with Crippen molar-refractivity contribution in [1.82, 2.24) is 19.6 Å². The van der Waals surface area contributed by atoms with Gasteiger partial charge in [0.25, 0.3) is 0 Å².